The van der Waals surface area contributed by atoms with E-state index in [1.54, 1.807) is 24.3 Å². The van der Waals surface area contributed by atoms with E-state index >= 15 is 0 Å². The maximum absolute atomic E-state index is 12.8. The van der Waals surface area contributed by atoms with Crippen molar-refractivity contribution < 1.29 is 14.5 Å². The second-order valence-corrected chi connectivity index (χ2v) is 6.18. The molecule has 2 amide bonds. The highest BCUT2D eigenvalue weighted by Gasteiger charge is 2.30. The number of hydrogen-bond donors (Lipinski definition) is 2. The minimum atomic E-state index is -0.760. The van der Waals surface area contributed by atoms with Gasteiger partial charge in [0.05, 0.1) is 10.6 Å². The topological polar surface area (TPSA) is 137 Å². The second kappa shape index (κ2) is 7.92. The van der Waals surface area contributed by atoms with Crippen LogP contribution in [0.15, 0.2) is 36.5 Å². The fourth-order valence-corrected chi connectivity index (χ4v) is 2.86. The zero-order chi connectivity index (χ0) is 21.1. The molecule has 3 rings (SSSR count). The van der Waals surface area contributed by atoms with Crippen LogP contribution in [0, 0.1) is 17.0 Å². The molecule has 0 aliphatic carbocycles. The summed E-state index contributed by atoms with van der Waals surface area (Å²) < 4.78 is 2.62. The van der Waals surface area contributed by atoms with E-state index in [0.29, 0.717) is 12.2 Å². The number of nitrogens with zero attached hydrogens (tertiary/aromatic N) is 5. The largest absolute Gasteiger partial charge is 0.322 e. The number of carbonyl (C=O) groups excluding carboxylic acids is 2. The van der Waals surface area contributed by atoms with Gasteiger partial charge in [-0.15, -0.1) is 0 Å². The molecule has 2 heterocycles. The van der Waals surface area contributed by atoms with E-state index in [4.69, 9.17) is 0 Å². The molecule has 0 fully saturated rings. The van der Waals surface area contributed by atoms with Crippen molar-refractivity contribution in [3.05, 3.63) is 63.7 Å². The number of anilines is 2. The van der Waals surface area contributed by atoms with Crippen molar-refractivity contribution >= 4 is 28.9 Å². The van der Waals surface area contributed by atoms with Gasteiger partial charge in [-0.05, 0) is 26.0 Å². The van der Waals surface area contributed by atoms with Crippen LogP contribution in [0.1, 0.15) is 33.6 Å². The lowest BCUT2D eigenvalue weighted by Gasteiger charge is -2.06. The summed E-state index contributed by atoms with van der Waals surface area (Å²) in [5.41, 5.74) is 0.214. The summed E-state index contributed by atoms with van der Waals surface area (Å²) in [7, 11) is 1.44. The molecule has 0 bridgehead atoms. The summed E-state index contributed by atoms with van der Waals surface area (Å²) in [5.74, 6) is -1.28. The van der Waals surface area contributed by atoms with Crippen molar-refractivity contribution in [3.8, 4) is 0 Å². The number of amides is 2. The van der Waals surface area contributed by atoms with Crippen LogP contribution in [0.25, 0.3) is 0 Å². The molecule has 0 unspecified atom stereocenters. The fraction of sp³-hybridized carbons (Fsp3) is 0.222. The molecule has 11 nitrogen and oxygen atoms in total. The molecule has 0 saturated heterocycles. The summed E-state index contributed by atoms with van der Waals surface area (Å²) in [6.07, 6.45) is 1.49. The van der Waals surface area contributed by atoms with Gasteiger partial charge in [0.25, 0.3) is 11.8 Å². The third-order valence-corrected chi connectivity index (χ3v) is 4.17. The summed E-state index contributed by atoms with van der Waals surface area (Å²) in [6, 6.07) is 8.79. The lowest BCUT2D eigenvalue weighted by Crippen LogP contribution is -2.20. The molecule has 3 aromatic rings. The number of nitrogens with one attached hydrogen (secondary N) is 2. The summed E-state index contributed by atoms with van der Waals surface area (Å²) in [5, 5.41) is 24.7. The van der Waals surface area contributed by atoms with Crippen LogP contribution in [0.4, 0.5) is 17.1 Å². The number of aromatic nitrogens is 4. The SMILES string of the molecule is CCn1cc(NC(=O)c2c([N+](=O)[O-])c(C)nn2C)c(C(=O)Nc2ccccc2)n1. The van der Waals surface area contributed by atoms with Crippen molar-refractivity contribution in [2.75, 3.05) is 10.6 Å². The van der Waals surface area contributed by atoms with Gasteiger partial charge in [-0.2, -0.15) is 10.2 Å². The molecule has 2 aromatic heterocycles. The van der Waals surface area contributed by atoms with Crippen molar-refractivity contribution in [3.63, 3.8) is 0 Å². The first-order valence-electron chi connectivity index (χ1n) is 8.75. The molecule has 11 heteroatoms. The number of para-hydroxylation sites is 1. The number of aryl methyl sites for hydroxylation is 3. The van der Waals surface area contributed by atoms with E-state index in [1.807, 2.05) is 13.0 Å². The molecule has 0 saturated carbocycles. The Bertz CT molecular complexity index is 1090. The van der Waals surface area contributed by atoms with E-state index in [0.717, 1.165) is 4.68 Å². The van der Waals surface area contributed by atoms with Gasteiger partial charge in [-0.3, -0.25) is 29.1 Å². The molecule has 29 heavy (non-hydrogen) atoms. The van der Waals surface area contributed by atoms with E-state index in [-0.39, 0.29) is 28.5 Å². The number of hydrogen-bond acceptors (Lipinski definition) is 6. The zero-order valence-corrected chi connectivity index (χ0v) is 16.0. The van der Waals surface area contributed by atoms with E-state index in [2.05, 4.69) is 20.8 Å². The Morgan fingerprint density at radius 1 is 1.14 bits per heavy atom. The maximum Gasteiger partial charge on any atom is 0.322 e. The normalized spacial score (nSPS) is 10.6. The lowest BCUT2D eigenvalue weighted by atomic mass is 10.2. The van der Waals surface area contributed by atoms with Crippen molar-refractivity contribution in [1.82, 2.24) is 19.6 Å². The van der Waals surface area contributed by atoms with Gasteiger partial charge in [0.15, 0.2) is 5.69 Å². The van der Waals surface area contributed by atoms with Crippen molar-refractivity contribution in [2.24, 2.45) is 7.05 Å². The predicted octanol–water partition coefficient (Wildman–Crippen LogP) is 2.36. The Labute approximate surface area is 165 Å². The summed E-state index contributed by atoms with van der Waals surface area (Å²) in [6.45, 7) is 3.74. The third kappa shape index (κ3) is 3.98. The lowest BCUT2D eigenvalue weighted by molar-refractivity contribution is -0.385. The summed E-state index contributed by atoms with van der Waals surface area (Å²) in [4.78, 5) is 36.1. The zero-order valence-electron chi connectivity index (χ0n) is 16.0. The van der Waals surface area contributed by atoms with Gasteiger partial charge in [0.1, 0.15) is 5.69 Å². The Morgan fingerprint density at radius 3 is 2.45 bits per heavy atom. The van der Waals surface area contributed by atoms with Crippen LogP contribution in [0.2, 0.25) is 0 Å². The third-order valence-electron chi connectivity index (χ3n) is 4.17. The van der Waals surface area contributed by atoms with E-state index in [9.17, 15) is 19.7 Å². The fourth-order valence-electron chi connectivity index (χ4n) is 2.86. The first-order valence-corrected chi connectivity index (χ1v) is 8.75. The highest BCUT2D eigenvalue weighted by atomic mass is 16.6. The maximum atomic E-state index is 12.8. The molecular formula is C18H19N7O4. The predicted molar refractivity (Wildman–Crippen MR) is 105 cm³/mol. The van der Waals surface area contributed by atoms with Gasteiger partial charge >= 0.3 is 5.69 Å². The highest BCUT2D eigenvalue weighted by Crippen LogP contribution is 2.24. The minimum absolute atomic E-state index is 0.00871. The van der Waals surface area contributed by atoms with Crippen LogP contribution < -0.4 is 10.6 Å². The van der Waals surface area contributed by atoms with Crippen molar-refractivity contribution in [2.45, 2.75) is 20.4 Å². The first-order chi connectivity index (χ1) is 13.8. The minimum Gasteiger partial charge on any atom is -0.321 e. The van der Waals surface area contributed by atoms with E-state index in [1.165, 1.54) is 24.9 Å². The number of rotatable bonds is 6. The highest BCUT2D eigenvalue weighted by molar-refractivity contribution is 6.12. The standard InChI is InChI=1S/C18H19N7O4/c1-4-24-10-13(14(22-24)17(26)19-12-8-6-5-7-9-12)20-18(27)16-15(25(28)29)11(2)21-23(16)3/h5-10H,4H2,1-3H3,(H,19,26)(H,20,27). The van der Waals surface area contributed by atoms with Gasteiger partial charge in [-0.1, -0.05) is 18.2 Å². The average Bonchev–Trinajstić information content (AvgIpc) is 3.22. The summed E-state index contributed by atoms with van der Waals surface area (Å²) >= 11 is 0. The van der Waals surface area contributed by atoms with Gasteiger partial charge in [-0.25, -0.2) is 0 Å². The number of benzene rings is 1. The van der Waals surface area contributed by atoms with Crippen LogP contribution >= 0.6 is 0 Å². The monoisotopic (exact) mass is 397 g/mol. The Morgan fingerprint density at radius 2 is 1.83 bits per heavy atom. The second-order valence-electron chi connectivity index (χ2n) is 6.18. The number of carbonyl (C=O) groups is 2. The van der Waals surface area contributed by atoms with Crippen LogP contribution in [-0.4, -0.2) is 36.3 Å². The first kappa shape index (κ1) is 19.7. The van der Waals surface area contributed by atoms with Crippen LogP contribution in [0.5, 0.6) is 0 Å². The van der Waals surface area contributed by atoms with Crippen molar-refractivity contribution in [1.29, 1.82) is 0 Å². The molecule has 0 radical (unpaired) electrons. The average molecular weight is 397 g/mol. The molecule has 1 aromatic carbocycles. The number of nitro groups is 1. The quantitative estimate of drug-likeness (QED) is 0.484. The molecule has 150 valence electrons. The smallest absolute Gasteiger partial charge is 0.321 e. The van der Waals surface area contributed by atoms with Gasteiger partial charge < -0.3 is 10.6 Å². The Balaban J connectivity index is 1.92. The molecular weight excluding hydrogens is 378 g/mol. The molecule has 2 N–H and O–H groups in total. The molecule has 0 atom stereocenters. The van der Waals surface area contributed by atoms with E-state index < -0.39 is 16.7 Å². The molecule has 0 aliphatic heterocycles. The Hall–Kier alpha value is -4.02. The van der Waals surface area contributed by atoms with Gasteiger partial charge in [0.2, 0.25) is 5.69 Å². The molecule has 0 aliphatic rings. The van der Waals surface area contributed by atoms with Crippen LogP contribution in [-0.2, 0) is 13.6 Å². The molecule has 0 spiro atoms. The Kier molecular flexibility index (Phi) is 5.39. The van der Waals surface area contributed by atoms with Gasteiger partial charge in [0, 0.05) is 25.5 Å². The van der Waals surface area contributed by atoms with Crippen LogP contribution in [0.3, 0.4) is 0 Å².